The third-order valence-corrected chi connectivity index (χ3v) is 3.97. The number of halogens is 1. The van der Waals surface area contributed by atoms with Crippen LogP contribution in [0, 0.1) is 13.8 Å². The fraction of sp³-hybridized carbons (Fsp3) is 0.222. The van der Waals surface area contributed by atoms with Crippen LogP contribution in [0.2, 0.25) is 0 Å². The Morgan fingerprint density at radius 3 is 2.65 bits per heavy atom. The lowest BCUT2D eigenvalue weighted by atomic mass is 10.1. The molecule has 23 heavy (non-hydrogen) atoms. The van der Waals surface area contributed by atoms with Gasteiger partial charge in [0, 0.05) is 11.8 Å². The number of aryl methyl sites for hydroxylation is 2. The van der Waals surface area contributed by atoms with E-state index in [9.17, 15) is 4.79 Å². The second-order valence-electron chi connectivity index (χ2n) is 5.66. The number of nitrogens with zero attached hydrogens (tertiary/aromatic N) is 2. The largest absolute Gasteiger partial charge is 0.309 e. The van der Waals surface area contributed by atoms with E-state index in [1.54, 1.807) is 6.92 Å². The number of carbonyl (C=O) groups excluding carboxylic acids is 1. The molecule has 2 heterocycles. The Labute approximate surface area is 140 Å². The molecular formula is C18H18ClN3O. The number of anilines is 1. The fourth-order valence-electron chi connectivity index (χ4n) is 2.51. The minimum absolute atomic E-state index is 0.246. The summed E-state index contributed by atoms with van der Waals surface area (Å²) in [7, 11) is 0. The van der Waals surface area contributed by atoms with Crippen LogP contribution in [-0.4, -0.2) is 20.7 Å². The highest BCUT2D eigenvalue weighted by molar-refractivity contribution is 6.32. The Morgan fingerprint density at radius 1 is 1.22 bits per heavy atom. The molecule has 3 rings (SSSR count). The first kappa shape index (κ1) is 15.6. The second-order valence-corrected chi connectivity index (χ2v) is 6.32. The van der Waals surface area contributed by atoms with E-state index in [0.717, 1.165) is 28.0 Å². The zero-order chi connectivity index (χ0) is 16.6. The van der Waals surface area contributed by atoms with Crippen LogP contribution in [-0.2, 0) is 4.79 Å². The molecule has 0 fully saturated rings. The topological polar surface area (TPSA) is 46.4 Å². The molecule has 1 N–H and O–H groups in total. The zero-order valence-corrected chi connectivity index (χ0v) is 14.1. The average Bonchev–Trinajstić information content (AvgIpc) is 2.85. The van der Waals surface area contributed by atoms with E-state index < -0.39 is 5.38 Å². The number of alkyl halides is 1. The van der Waals surface area contributed by atoms with Gasteiger partial charge in [0.15, 0.2) is 0 Å². The van der Waals surface area contributed by atoms with Gasteiger partial charge in [-0.2, -0.15) is 0 Å². The molecule has 0 bridgehead atoms. The highest BCUT2D eigenvalue weighted by atomic mass is 35.5. The zero-order valence-electron chi connectivity index (χ0n) is 13.3. The molecule has 4 nitrogen and oxygen atoms in total. The van der Waals surface area contributed by atoms with Crippen LogP contribution < -0.4 is 5.32 Å². The van der Waals surface area contributed by atoms with Gasteiger partial charge in [-0.15, -0.1) is 11.6 Å². The first-order chi connectivity index (χ1) is 11.0. The number of hydrogen-bond acceptors (Lipinski definition) is 2. The normalized spacial score (nSPS) is 12.3. The van der Waals surface area contributed by atoms with E-state index in [1.165, 1.54) is 0 Å². The van der Waals surface area contributed by atoms with Crippen LogP contribution in [0.1, 0.15) is 18.1 Å². The molecule has 0 saturated heterocycles. The summed E-state index contributed by atoms with van der Waals surface area (Å²) >= 11 is 5.92. The van der Waals surface area contributed by atoms with E-state index >= 15 is 0 Å². The summed E-state index contributed by atoms with van der Waals surface area (Å²) in [5, 5.41) is 2.30. The average molecular weight is 328 g/mol. The molecule has 0 aliphatic rings. The predicted molar refractivity (Wildman–Crippen MR) is 94.0 cm³/mol. The summed E-state index contributed by atoms with van der Waals surface area (Å²) in [4.78, 5) is 16.8. The minimum atomic E-state index is -0.616. The van der Waals surface area contributed by atoms with E-state index in [0.29, 0.717) is 5.82 Å². The fourth-order valence-corrected chi connectivity index (χ4v) is 2.57. The van der Waals surface area contributed by atoms with Crippen molar-refractivity contribution < 1.29 is 4.79 Å². The number of amides is 1. The summed E-state index contributed by atoms with van der Waals surface area (Å²) in [6, 6.07) is 11.9. The van der Waals surface area contributed by atoms with Gasteiger partial charge in [-0.3, -0.25) is 9.20 Å². The summed E-state index contributed by atoms with van der Waals surface area (Å²) in [6.45, 7) is 5.68. The maximum Gasteiger partial charge on any atom is 0.243 e. The Bertz CT molecular complexity index is 883. The number of rotatable bonds is 3. The SMILES string of the molecule is Cc1ccc2nc(-c3ccccc3C)c(NC(=O)[C@H](C)Cl)n2c1. The van der Waals surface area contributed by atoms with Crippen molar-refractivity contribution >= 4 is 29.0 Å². The molecule has 1 atom stereocenters. The highest BCUT2D eigenvalue weighted by Gasteiger charge is 2.19. The molecule has 118 valence electrons. The molecule has 3 aromatic rings. The van der Waals surface area contributed by atoms with Gasteiger partial charge >= 0.3 is 0 Å². The van der Waals surface area contributed by atoms with Gasteiger partial charge in [0.05, 0.1) is 0 Å². The van der Waals surface area contributed by atoms with Crippen LogP contribution in [0.3, 0.4) is 0 Å². The van der Waals surface area contributed by atoms with Gasteiger partial charge in [-0.1, -0.05) is 30.3 Å². The maximum atomic E-state index is 12.1. The predicted octanol–water partition coefficient (Wildman–Crippen LogP) is 4.18. The number of hydrogen-bond donors (Lipinski definition) is 1. The Balaban J connectivity index is 2.24. The Morgan fingerprint density at radius 2 is 1.96 bits per heavy atom. The maximum absolute atomic E-state index is 12.1. The Hall–Kier alpha value is -2.33. The summed E-state index contributed by atoms with van der Waals surface area (Å²) < 4.78 is 1.90. The van der Waals surface area contributed by atoms with Crippen molar-refractivity contribution in [2.45, 2.75) is 26.1 Å². The van der Waals surface area contributed by atoms with Gasteiger partial charge < -0.3 is 5.32 Å². The molecule has 0 aliphatic heterocycles. The third-order valence-electron chi connectivity index (χ3n) is 3.77. The van der Waals surface area contributed by atoms with Crippen molar-refractivity contribution in [3.05, 3.63) is 53.7 Å². The highest BCUT2D eigenvalue weighted by Crippen LogP contribution is 2.31. The molecule has 0 aliphatic carbocycles. The summed E-state index contributed by atoms with van der Waals surface area (Å²) in [5.41, 5.74) is 4.71. The van der Waals surface area contributed by atoms with Crippen molar-refractivity contribution in [3.8, 4) is 11.3 Å². The monoisotopic (exact) mass is 327 g/mol. The van der Waals surface area contributed by atoms with Crippen LogP contribution in [0.25, 0.3) is 16.9 Å². The quantitative estimate of drug-likeness (QED) is 0.733. The molecule has 5 heteroatoms. The lowest BCUT2D eigenvalue weighted by molar-refractivity contribution is -0.115. The van der Waals surface area contributed by atoms with Crippen molar-refractivity contribution in [1.82, 2.24) is 9.38 Å². The van der Waals surface area contributed by atoms with Gasteiger partial charge in [0.2, 0.25) is 5.91 Å². The number of pyridine rings is 1. The van der Waals surface area contributed by atoms with E-state index in [4.69, 9.17) is 16.6 Å². The lowest BCUT2D eigenvalue weighted by Gasteiger charge is -2.10. The number of fused-ring (bicyclic) bond motifs is 1. The van der Waals surface area contributed by atoms with Crippen LogP contribution in [0.5, 0.6) is 0 Å². The molecule has 2 aromatic heterocycles. The summed E-state index contributed by atoms with van der Waals surface area (Å²) in [6.07, 6.45) is 1.96. The second kappa shape index (κ2) is 6.05. The first-order valence-corrected chi connectivity index (χ1v) is 7.90. The number of carbonyl (C=O) groups is 1. The summed E-state index contributed by atoms with van der Waals surface area (Å²) in [5.74, 6) is 0.403. The standard InChI is InChI=1S/C18H18ClN3O/c1-11-8-9-15-20-16(14-7-5-4-6-12(14)2)17(22(15)10-11)21-18(23)13(3)19/h4-10,13H,1-3H3,(H,21,23)/t13-/m0/s1. The van der Waals surface area contributed by atoms with Crippen LogP contribution in [0.15, 0.2) is 42.6 Å². The Kier molecular flexibility index (Phi) is 4.09. The molecular weight excluding hydrogens is 310 g/mol. The molecule has 0 saturated carbocycles. The smallest absolute Gasteiger partial charge is 0.243 e. The van der Waals surface area contributed by atoms with E-state index in [2.05, 4.69) is 5.32 Å². The van der Waals surface area contributed by atoms with Crippen molar-refractivity contribution in [3.63, 3.8) is 0 Å². The van der Waals surface area contributed by atoms with Crippen molar-refractivity contribution in [1.29, 1.82) is 0 Å². The van der Waals surface area contributed by atoms with Crippen molar-refractivity contribution in [2.75, 3.05) is 5.32 Å². The van der Waals surface area contributed by atoms with E-state index in [-0.39, 0.29) is 5.91 Å². The number of imidazole rings is 1. The number of nitrogens with one attached hydrogen (secondary N) is 1. The van der Waals surface area contributed by atoms with Gasteiger partial charge in [0.25, 0.3) is 0 Å². The van der Waals surface area contributed by atoms with Crippen LogP contribution in [0.4, 0.5) is 5.82 Å². The van der Waals surface area contributed by atoms with E-state index in [1.807, 2.05) is 60.8 Å². The molecule has 0 radical (unpaired) electrons. The van der Waals surface area contributed by atoms with Crippen LogP contribution >= 0.6 is 11.6 Å². The van der Waals surface area contributed by atoms with Gasteiger partial charge in [0.1, 0.15) is 22.5 Å². The molecule has 0 spiro atoms. The number of aromatic nitrogens is 2. The minimum Gasteiger partial charge on any atom is -0.309 e. The molecule has 0 unspecified atom stereocenters. The van der Waals surface area contributed by atoms with Crippen molar-refractivity contribution in [2.24, 2.45) is 0 Å². The lowest BCUT2D eigenvalue weighted by Crippen LogP contribution is -2.21. The number of benzene rings is 1. The molecule has 1 amide bonds. The molecule has 1 aromatic carbocycles. The first-order valence-electron chi connectivity index (χ1n) is 7.47. The van der Waals surface area contributed by atoms with Gasteiger partial charge in [-0.25, -0.2) is 4.98 Å². The third kappa shape index (κ3) is 2.94. The van der Waals surface area contributed by atoms with Gasteiger partial charge in [-0.05, 0) is 38.0 Å².